The number of halogens is 3. The summed E-state index contributed by atoms with van der Waals surface area (Å²) in [5.74, 6) is 0. The number of benzene rings is 1. The van der Waals surface area contributed by atoms with E-state index in [-0.39, 0.29) is 42.3 Å². The third-order valence-corrected chi connectivity index (χ3v) is 16.9. The van der Waals surface area contributed by atoms with Gasteiger partial charge in [-0.1, -0.05) is 0 Å². The normalized spacial score (nSPS) is 23.2. The van der Waals surface area contributed by atoms with Crippen LogP contribution in [0, 0.1) is 0 Å². The van der Waals surface area contributed by atoms with Crippen LogP contribution in [0.15, 0.2) is 50.9 Å². The first-order valence-corrected chi connectivity index (χ1v) is 12.8. The predicted molar refractivity (Wildman–Crippen MR) is 111 cm³/mol. The van der Waals surface area contributed by atoms with Crippen molar-refractivity contribution in [3.05, 3.63) is 50.9 Å². The second-order valence-corrected chi connectivity index (χ2v) is 14.3. The first-order valence-electron chi connectivity index (χ1n) is 9.87. The molecule has 0 saturated carbocycles. The van der Waals surface area contributed by atoms with Crippen LogP contribution in [0.2, 0.25) is 16.1 Å². The van der Waals surface area contributed by atoms with E-state index in [1.807, 2.05) is 0 Å². The first kappa shape index (κ1) is 30.7. The molecule has 1 aromatic carbocycles. The Kier molecular flexibility index (Phi) is 12.9. The van der Waals surface area contributed by atoms with E-state index in [0.717, 1.165) is 11.1 Å². The van der Waals surface area contributed by atoms with Crippen LogP contribution in [0.4, 0.5) is 0 Å². The molecule has 0 nitrogen and oxygen atoms in total. The number of rotatable bonds is 6. The van der Waals surface area contributed by atoms with Crippen LogP contribution in [0.25, 0.3) is 0 Å². The average Bonchev–Trinajstić information content (AvgIpc) is 2.79. The summed E-state index contributed by atoms with van der Waals surface area (Å²) in [6.07, 6.45) is 2.53. The van der Waals surface area contributed by atoms with Gasteiger partial charge in [0.2, 0.25) is 0 Å². The number of hydrogen-bond donors (Lipinski definition) is 0. The summed E-state index contributed by atoms with van der Waals surface area (Å²) in [6, 6.07) is 11.6. The summed E-state index contributed by atoms with van der Waals surface area (Å²) >= 11 is 2.42. The first-order chi connectivity index (χ1) is 11.7. The van der Waals surface area contributed by atoms with Crippen molar-refractivity contribution in [1.82, 2.24) is 0 Å². The number of allylic oxidation sites excluding steroid dienone is 4. The van der Waals surface area contributed by atoms with Gasteiger partial charge in [-0.2, -0.15) is 0 Å². The Labute approximate surface area is 205 Å². The van der Waals surface area contributed by atoms with Crippen LogP contribution in [0.5, 0.6) is 0 Å². The SMILES string of the molecule is CCC(C)[Si](c1ccccc1)(C(C)CC)C1(C)C(C)=C(C)C(C)=[C]1[Ti+3].[Cl-].[Cl-].[Cl-]. The Hall–Kier alpha value is 0.501. The Morgan fingerprint density at radius 1 is 0.857 bits per heavy atom. The van der Waals surface area contributed by atoms with Gasteiger partial charge in [0.15, 0.2) is 0 Å². The van der Waals surface area contributed by atoms with Crippen LogP contribution < -0.4 is 42.4 Å². The maximum atomic E-state index is 2.59. The van der Waals surface area contributed by atoms with Gasteiger partial charge in [0, 0.05) is 0 Å². The molecule has 28 heavy (non-hydrogen) atoms. The summed E-state index contributed by atoms with van der Waals surface area (Å²) < 4.78 is 1.64. The van der Waals surface area contributed by atoms with Crippen molar-refractivity contribution in [3.63, 3.8) is 0 Å². The minimum Gasteiger partial charge on any atom is -1.00 e. The quantitative estimate of drug-likeness (QED) is 0.398. The van der Waals surface area contributed by atoms with E-state index in [2.05, 4.69) is 106 Å². The van der Waals surface area contributed by atoms with Crippen molar-refractivity contribution < 1.29 is 57.7 Å². The van der Waals surface area contributed by atoms with Crippen molar-refractivity contribution >= 4 is 13.3 Å². The third-order valence-electron chi connectivity index (χ3n) is 7.61. The molecule has 0 aromatic heterocycles. The average molecular weight is 494 g/mol. The van der Waals surface area contributed by atoms with Gasteiger partial charge in [0.25, 0.3) is 0 Å². The van der Waals surface area contributed by atoms with Gasteiger partial charge >= 0.3 is 169 Å². The molecule has 0 amide bonds. The molecule has 5 heteroatoms. The van der Waals surface area contributed by atoms with E-state index in [9.17, 15) is 0 Å². The second kappa shape index (κ2) is 11.8. The van der Waals surface area contributed by atoms with Crippen LogP contribution in [0.1, 0.15) is 68.2 Å². The van der Waals surface area contributed by atoms with Gasteiger partial charge < -0.3 is 37.2 Å². The van der Waals surface area contributed by atoms with Gasteiger partial charge in [0.1, 0.15) is 0 Å². The molecule has 0 aliphatic heterocycles. The van der Waals surface area contributed by atoms with E-state index < -0.39 is 8.07 Å². The largest absolute Gasteiger partial charge is 1.00 e. The summed E-state index contributed by atoms with van der Waals surface area (Å²) in [4.78, 5) is 0. The summed E-state index contributed by atoms with van der Waals surface area (Å²) in [5.41, 5.74) is 6.22. The predicted octanol–water partition coefficient (Wildman–Crippen LogP) is -2.11. The maximum Gasteiger partial charge on any atom is -1.00 e. The van der Waals surface area contributed by atoms with E-state index in [1.54, 1.807) is 25.8 Å². The van der Waals surface area contributed by atoms with Crippen LogP contribution in [-0.2, 0) is 20.4 Å². The molecule has 2 rings (SSSR count). The molecular formula is C23H35Cl3SiTi. The zero-order valence-electron chi connectivity index (χ0n) is 18.6. The van der Waals surface area contributed by atoms with Crippen molar-refractivity contribution in [2.24, 2.45) is 0 Å². The molecule has 1 aliphatic carbocycles. The second-order valence-electron chi connectivity index (χ2n) is 8.23. The minimum atomic E-state index is -1.90. The molecule has 0 radical (unpaired) electrons. The molecule has 0 saturated heterocycles. The van der Waals surface area contributed by atoms with Crippen molar-refractivity contribution in [2.45, 2.75) is 84.4 Å². The molecule has 0 fully saturated rings. The van der Waals surface area contributed by atoms with E-state index in [0.29, 0.717) is 0 Å². The fourth-order valence-corrected chi connectivity index (χ4v) is 15.3. The zero-order chi connectivity index (χ0) is 19.0. The Bertz CT molecular complexity index is 663. The van der Waals surface area contributed by atoms with Crippen LogP contribution >= 0.6 is 0 Å². The van der Waals surface area contributed by atoms with Crippen LogP contribution in [-0.4, -0.2) is 8.07 Å². The van der Waals surface area contributed by atoms with Crippen molar-refractivity contribution in [3.8, 4) is 0 Å². The van der Waals surface area contributed by atoms with Gasteiger partial charge in [0.05, 0.1) is 0 Å². The van der Waals surface area contributed by atoms with E-state index in [1.165, 1.54) is 12.8 Å². The van der Waals surface area contributed by atoms with E-state index in [4.69, 9.17) is 0 Å². The fraction of sp³-hybridized carbons (Fsp3) is 0.565. The van der Waals surface area contributed by atoms with Gasteiger partial charge in [-0.15, -0.1) is 0 Å². The summed E-state index contributed by atoms with van der Waals surface area (Å²) in [7, 11) is -1.90. The molecule has 3 unspecified atom stereocenters. The molecule has 156 valence electrons. The molecule has 0 bridgehead atoms. The maximum absolute atomic E-state index is 2.59. The summed E-state index contributed by atoms with van der Waals surface area (Å²) in [6.45, 7) is 19.6. The molecular weight excluding hydrogens is 459 g/mol. The minimum absolute atomic E-state index is 0. The zero-order valence-corrected chi connectivity index (χ0v) is 23.4. The fourth-order valence-electron chi connectivity index (χ4n) is 5.61. The van der Waals surface area contributed by atoms with Gasteiger partial charge in [-0.3, -0.25) is 0 Å². The molecule has 0 heterocycles. The van der Waals surface area contributed by atoms with Crippen LogP contribution in [0.3, 0.4) is 0 Å². The number of hydrogen-bond acceptors (Lipinski definition) is 0. The smallest absolute Gasteiger partial charge is 1.00 e. The van der Waals surface area contributed by atoms with Gasteiger partial charge in [-0.05, 0) is 0 Å². The third kappa shape index (κ3) is 4.27. The molecule has 1 aromatic rings. The van der Waals surface area contributed by atoms with Crippen molar-refractivity contribution in [1.29, 1.82) is 0 Å². The van der Waals surface area contributed by atoms with E-state index >= 15 is 0 Å². The Morgan fingerprint density at radius 2 is 1.29 bits per heavy atom. The van der Waals surface area contributed by atoms with Gasteiger partial charge in [-0.25, -0.2) is 0 Å². The topological polar surface area (TPSA) is 0 Å². The Morgan fingerprint density at radius 3 is 1.61 bits per heavy atom. The monoisotopic (exact) mass is 492 g/mol. The molecule has 3 atom stereocenters. The van der Waals surface area contributed by atoms with Crippen molar-refractivity contribution in [2.75, 3.05) is 0 Å². The Balaban J connectivity index is 0. The molecule has 0 spiro atoms. The standard InChI is InChI=1S/C23H35Si.3ClH.Ti/c1-9-18(4)24(19(5)10-2,22-14-12-11-13-15-22)23(8)16-17(3)20(6)21(23)7;;;;/h11-15,18-19H,9-10H2,1-8H3;3*1H;/q;;;;+3/p-3. The molecule has 0 N–H and O–H groups in total. The summed E-state index contributed by atoms with van der Waals surface area (Å²) in [5, 5.41) is 1.87. The molecule has 1 aliphatic rings.